The van der Waals surface area contributed by atoms with Crippen LogP contribution in [-0.4, -0.2) is 45.0 Å². The number of hydrogen-bond donors (Lipinski definition) is 3. The Morgan fingerprint density at radius 3 is 2.04 bits per heavy atom. The molecule has 0 aliphatic heterocycles. The van der Waals surface area contributed by atoms with E-state index in [4.69, 9.17) is 9.79 Å². The number of unbranched alkanes of at least 4 members (excludes halogenated alkanes) is 2. The molecule has 0 bridgehead atoms. The van der Waals surface area contributed by atoms with E-state index in [2.05, 4.69) is 12.1 Å². The summed E-state index contributed by atoms with van der Waals surface area (Å²) >= 11 is 0. The van der Waals surface area contributed by atoms with Gasteiger partial charge in [0.25, 0.3) is 0 Å². The molecule has 0 saturated carbocycles. The molecule has 0 saturated heterocycles. The van der Waals surface area contributed by atoms with Gasteiger partial charge in [0.05, 0.1) is 0 Å². The normalized spacial score (nSPS) is 14.2. The molecule has 0 fully saturated rings. The van der Waals surface area contributed by atoms with Crippen molar-refractivity contribution in [2.24, 2.45) is 0 Å². The van der Waals surface area contributed by atoms with Crippen LogP contribution < -0.4 is 68.9 Å². The Hall–Kier alpha value is 1.44. The van der Waals surface area contributed by atoms with E-state index >= 15 is 0 Å². The number of aryl methyl sites for hydroxylation is 1. The maximum atomic E-state index is 11.2. The van der Waals surface area contributed by atoms with Crippen molar-refractivity contribution in [3.8, 4) is 0 Å². The molecule has 0 aromatic heterocycles. The van der Waals surface area contributed by atoms with Gasteiger partial charge in [-0.2, -0.15) is 0 Å². The minimum absolute atomic E-state index is 0. The Kier molecular flexibility index (Phi) is 15.5. The van der Waals surface area contributed by atoms with Gasteiger partial charge in [-0.3, -0.25) is 4.57 Å². The molecule has 0 spiro atoms. The van der Waals surface area contributed by atoms with Crippen molar-refractivity contribution in [2.45, 2.75) is 37.2 Å². The van der Waals surface area contributed by atoms with Crippen LogP contribution in [0.15, 0.2) is 30.3 Å². The molecule has 3 N–H and O–H groups in total. The van der Waals surface area contributed by atoms with Crippen LogP contribution in [0.1, 0.15) is 31.2 Å². The molecule has 1 atom stereocenters. The predicted octanol–water partition coefficient (Wildman–Crippen LogP) is -5.53. The van der Waals surface area contributed by atoms with Crippen LogP contribution in [0.5, 0.6) is 0 Å². The summed E-state index contributed by atoms with van der Waals surface area (Å²) in [6, 6.07) is 10.0. The van der Waals surface area contributed by atoms with E-state index in [0.29, 0.717) is 6.54 Å². The molecule has 12 heteroatoms. The summed E-state index contributed by atoms with van der Waals surface area (Å²) in [4.78, 5) is 41.8. The number of nitrogens with zero attached hydrogens (tertiary/aromatic N) is 1. The van der Waals surface area contributed by atoms with Gasteiger partial charge in [-0.25, -0.2) is 0 Å². The van der Waals surface area contributed by atoms with E-state index in [1.165, 1.54) is 5.56 Å². The Balaban J connectivity index is 0. The Morgan fingerprint density at radius 1 is 1.00 bits per heavy atom. The second kappa shape index (κ2) is 13.7. The number of aliphatic hydroxyl groups is 1. The third-order valence-corrected chi connectivity index (χ3v) is 7.86. The molecule has 0 aliphatic rings. The SMILES string of the molecule is CN(CCCCCc1ccccc1)CCC(O)(P(=O)([O-])[O-])P(=O)(O)O.[Na+].[Na+]. The van der Waals surface area contributed by atoms with Crippen LogP contribution in [0, 0.1) is 0 Å². The zero-order valence-corrected chi connectivity index (χ0v) is 21.9. The molecule has 1 rings (SSSR count). The van der Waals surface area contributed by atoms with Crippen LogP contribution in [0.4, 0.5) is 0 Å². The number of rotatable bonds is 11. The monoisotopic (exact) mass is 439 g/mol. The summed E-state index contributed by atoms with van der Waals surface area (Å²) in [7, 11) is -9.73. The Morgan fingerprint density at radius 2 is 1.56 bits per heavy atom. The van der Waals surface area contributed by atoms with E-state index in [0.717, 1.165) is 25.7 Å². The molecular weight excluding hydrogens is 414 g/mol. The van der Waals surface area contributed by atoms with Gasteiger partial charge in [0.15, 0.2) is 5.08 Å². The minimum atomic E-state index is -5.87. The van der Waals surface area contributed by atoms with E-state index < -0.39 is 26.7 Å². The average molecular weight is 439 g/mol. The first kappa shape index (κ1) is 30.6. The second-order valence-electron chi connectivity index (χ2n) is 6.17. The quantitative estimate of drug-likeness (QED) is 0.176. The molecule has 1 aromatic carbocycles. The molecule has 1 unspecified atom stereocenters. The maximum absolute atomic E-state index is 11.2. The van der Waals surface area contributed by atoms with Crippen LogP contribution in [-0.2, 0) is 15.6 Å². The van der Waals surface area contributed by atoms with Crippen LogP contribution in [0.25, 0.3) is 0 Å². The minimum Gasteiger partial charge on any atom is -0.808 e. The van der Waals surface area contributed by atoms with Crippen molar-refractivity contribution in [2.75, 3.05) is 20.1 Å². The van der Waals surface area contributed by atoms with Crippen LogP contribution in [0.2, 0.25) is 0 Å². The summed E-state index contributed by atoms with van der Waals surface area (Å²) in [5, 5.41) is 6.14. The van der Waals surface area contributed by atoms with Gasteiger partial charge < -0.3 is 34.1 Å². The first-order chi connectivity index (χ1) is 11.5. The van der Waals surface area contributed by atoms with Gasteiger partial charge in [0.2, 0.25) is 0 Å². The first-order valence-electron chi connectivity index (χ1n) is 8.00. The van der Waals surface area contributed by atoms with Gasteiger partial charge in [0, 0.05) is 13.0 Å². The fourth-order valence-electron chi connectivity index (χ4n) is 2.43. The molecule has 0 heterocycles. The van der Waals surface area contributed by atoms with Crippen LogP contribution >= 0.6 is 15.2 Å². The van der Waals surface area contributed by atoms with Crippen molar-refractivity contribution in [3.05, 3.63) is 35.9 Å². The molecule has 0 radical (unpaired) electrons. The standard InChI is InChI=1S/C15H27NO7P2.2Na/c1-16(12-7-3-6-10-14-8-4-2-5-9-14)13-11-15(17,24(18,19)20)25(21,22)23;;/h2,4-5,8-9,17H,3,6-7,10-13H2,1H3,(H2,18,19,20)(H2,21,22,23);;/q;2*+1/p-2. The maximum Gasteiger partial charge on any atom is 1.00 e. The van der Waals surface area contributed by atoms with Crippen LogP contribution in [0.3, 0.4) is 0 Å². The summed E-state index contributed by atoms with van der Waals surface area (Å²) in [6.45, 7) is 0.447. The molecule has 1 aromatic rings. The van der Waals surface area contributed by atoms with Gasteiger partial charge >= 0.3 is 66.7 Å². The molecule has 8 nitrogen and oxygen atoms in total. The summed E-state index contributed by atoms with van der Waals surface area (Å²) in [5.74, 6) is 0. The summed E-state index contributed by atoms with van der Waals surface area (Å²) in [5.41, 5.74) is 1.25. The van der Waals surface area contributed by atoms with Gasteiger partial charge in [-0.1, -0.05) is 36.8 Å². The Bertz CT molecular complexity index is 602. The largest absolute Gasteiger partial charge is 1.00 e. The van der Waals surface area contributed by atoms with E-state index in [-0.39, 0.29) is 65.7 Å². The van der Waals surface area contributed by atoms with Gasteiger partial charge in [-0.05, 0) is 46.0 Å². The van der Waals surface area contributed by atoms with Gasteiger partial charge in [-0.15, -0.1) is 0 Å². The van der Waals surface area contributed by atoms with Gasteiger partial charge in [0.1, 0.15) is 0 Å². The molecule has 0 amide bonds. The summed E-state index contributed by atoms with van der Waals surface area (Å²) in [6.07, 6.45) is 2.86. The Labute approximate surface area is 204 Å². The van der Waals surface area contributed by atoms with Crippen molar-refractivity contribution < 1.29 is 92.9 Å². The number of benzene rings is 1. The van der Waals surface area contributed by atoms with Crippen molar-refractivity contribution in [1.82, 2.24) is 4.90 Å². The second-order valence-corrected chi connectivity index (χ2v) is 10.1. The zero-order valence-electron chi connectivity index (χ0n) is 16.2. The fourth-order valence-corrected chi connectivity index (χ4v) is 4.47. The third kappa shape index (κ3) is 10.3. The molecule has 144 valence electrons. The first-order valence-corrected chi connectivity index (χ1v) is 11.2. The van der Waals surface area contributed by atoms with E-state index in [1.807, 2.05) is 18.2 Å². The zero-order chi connectivity index (χ0) is 19.1. The average Bonchev–Trinajstić information content (AvgIpc) is 2.51. The smallest absolute Gasteiger partial charge is 0.808 e. The summed E-state index contributed by atoms with van der Waals surface area (Å²) < 4.78 is 22.3. The number of hydrogen-bond acceptors (Lipinski definition) is 6. The fraction of sp³-hybridized carbons (Fsp3) is 0.600. The predicted molar refractivity (Wildman–Crippen MR) is 90.7 cm³/mol. The third-order valence-electron chi connectivity index (χ3n) is 4.08. The molecular formula is C15H25NNa2O7P2. The van der Waals surface area contributed by atoms with E-state index in [1.54, 1.807) is 11.9 Å². The molecule has 27 heavy (non-hydrogen) atoms. The van der Waals surface area contributed by atoms with Crippen molar-refractivity contribution >= 4 is 15.2 Å². The van der Waals surface area contributed by atoms with Crippen molar-refractivity contribution in [3.63, 3.8) is 0 Å². The topological polar surface area (TPSA) is 144 Å². The molecule has 0 aliphatic carbocycles. The van der Waals surface area contributed by atoms with E-state index in [9.17, 15) is 24.0 Å². The van der Waals surface area contributed by atoms with Crippen molar-refractivity contribution in [1.29, 1.82) is 0 Å².